The highest BCUT2D eigenvalue weighted by Gasteiger charge is 2.74. The molecule has 2 saturated heterocycles. The van der Waals surface area contributed by atoms with Crippen molar-refractivity contribution in [2.75, 3.05) is 19.6 Å². The SMILES string of the molecule is CC(C)(O)CN1CCCC1=O.O=CN1CCC2(S(=O)c3ccc(F)cc3)c3cnc(C(F)(C(F)(F)F)C(F)(F)F)cc3CCC12. The van der Waals surface area contributed by atoms with Crippen LogP contribution >= 0.6 is 0 Å². The van der Waals surface area contributed by atoms with Crippen LogP contribution < -0.4 is 0 Å². The fourth-order valence-electron chi connectivity index (χ4n) is 6.16. The van der Waals surface area contributed by atoms with Crippen molar-refractivity contribution < 1.29 is 54.0 Å². The van der Waals surface area contributed by atoms with Gasteiger partial charge in [-0.3, -0.25) is 18.8 Å². The minimum absolute atomic E-state index is 0.0632. The zero-order valence-corrected chi connectivity index (χ0v) is 25.0. The van der Waals surface area contributed by atoms with Gasteiger partial charge in [0.05, 0.1) is 32.9 Å². The van der Waals surface area contributed by atoms with Crippen molar-refractivity contribution in [2.45, 2.75) is 85.3 Å². The van der Waals surface area contributed by atoms with E-state index >= 15 is 0 Å². The number of hydrogen-bond donors (Lipinski definition) is 1. The van der Waals surface area contributed by atoms with E-state index in [4.69, 9.17) is 0 Å². The molecule has 2 fully saturated rings. The second kappa shape index (κ2) is 12.2. The van der Waals surface area contributed by atoms with Crippen LogP contribution in [-0.2, 0) is 37.2 Å². The molecule has 2 aliphatic heterocycles. The van der Waals surface area contributed by atoms with Crippen LogP contribution in [0.25, 0.3) is 0 Å². The summed E-state index contributed by atoms with van der Waals surface area (Å²) in [7, 11) is -2.00. The first kappa shape index (κ1) is 34.7. The standard InChI is InChI=1S/C21H16F8N2O2S.C8H15NO2/c22-13-2-4-14(5-3-13)34(33)18-7-8-31(11-32)17(18)6-1-12-9-16(30-10-15(12)18)19(23,20(24,25)26)21(27,28)29;1-8(2,11)6-9-5-3-4-7(9)10/h2-5,9-11,17H,1,6-8H2;11H,3-6H2,1-2H3. The lowest BCUT2D eigenvalue weighted by Crippen LogP contribution is -2.52. The molecule has 1 aromatic carbocycles. The molecule has 248 valence electrons. The lowest BCUT2D eigenvalue weighted by atomic mass is 9.78. The Labute approximate surface area is 256 Å². The highest BCUT2D eigenvalue weighted by Crippen LogP contribution is 2.55. The molecule has 7 nitrogen and oxygen atoms in total. The molecule has 16 heteroatoms. The summed E-state index contributed by atoms with van der Waals surface area (Å²) in [5.41, 5.74) is -8.30. The molecule has 0 spiro atoms. The number of rotatable bonds is 6. The molecule has 1 N–H and O–H groups in total. The Hall–Kier alpha value is -3.14. The molecule has 5 rings (SSSR count). The van der Waals surface area contributed by atoms with E-state index in [0.29, 0.717) is 31.6 Å². The van der Waals surface area contributed by atoms with Gasteiger partial charge in [0.1, 0.15) is 5.82 Å². The predicted octanol–water partition coefficient (Wildman–Crippen LogP) is 5.07. The largest absolute Gasteiger partial charge is 0.437 e. The summed E-state index contributed by atoms with van der Waals surface area (Å²) in [5, 5.41) is 9.40. The van der Waals surface area contributed by atoms with E-state index in [0.717, 1.165) is 25.1 Å². The summed E-state index contributed by atoms with van der Waals surface area (Å²) in [6, 6.07) is 4.32. The van der Waals surface area contributed by atoms with E-state index in [1.165, 1.54) is 17.0 Å². The summed E-state index contributed by atoms with van der Waals surface area (Å²) in [6.07, 6.45) is -9.79. The minimum atomic E-state index is -6.32. The minimum Gasteiger partial charge on any atom is -0.389 e. The number of aromatic nitrogens is 1. The van der Waals surface area contributed by atoms with Gasteiger partial charge >= 0.3 is 18.0 Å². The molecule has 45 heavy (non-hydrogen) atoms. The number of hydrogen-bond acceptors (Lipinski definition) is 5. The fraction of sp³-hybridized carbons (Fsp3) is 0.552. The van der Waals surface area contributed by atoms with Crippen molar-refractivity contribution in [1.82, 2.24) is 14.8 Å². The average molecular weight is 670 g/mol. The number of benzene rings is 1. The Balaban J connectivity index is 0.000000354. The quantitative estimate of drug-likeness (QED) is 0.343. The lowest BCUT2D eigenvalue weighted by molar-refractivity contribution is -0.350. The zero-order valence-electron chi connectivity index (χ0n) is 24.2. The van der Waals surface area contributed by atoms with Gasteiger partial charge in [0, 0.05) is 37.1 Å². The number of β-amino-alcohol motifs (C(OH)–C–C–N with tert-alkyl or cyclic N) is 1. The molecule has 2 aromatic rings. The molecule has 3 unspecified atom stereocenters. The van der Waals surface area contributed by atoms with Crippen LogP contribution in [0.5, 0.6) is 0 Å². The molecular weight excluding hydrogens is 638 g/mol. The van der Waals surface area contributed by atoms with Gasteiger partial charge in [-0.15, -0.1) is 0 Å². The predicted molar refractivity (Wildman–Crippen MR) is 145 cm³/mol. The highest BCUT2D eigenvalue weighted by molar-refractivity contribution is 7.86. The normalized spacial score (nSPS) is 22.8. The lowest BCUT2D eigenvalue weighted by Gasteiger charge is -2.41. The summed E-state index contributed by atoms with van der Waals surface area (Å²) >= 11 is 0. The van der Waals surface area contributed by atoms with Crippen LogP contribution in [0.1, 0.15) is 56.4 Å². The van der Waals surface area contributed by atoms with Crippen LogP contribution in [0.4, 0.5) is 35.1 Å². The molecule has 1 aliphatic carbocycles. The number of amides is 2. The third-order valence-electron chi connectivity index (χ3n) is 8.19. The zero-order chi connectivity index (χ0) is 33.6. The van der Waals surface area contributed by atoms with Gasteiger partial charge in [0.25, 0.3) is 0 Å². The summed E-state index contributed by atoms with van der Waals surface area (Å²) in [6.45, 7) is 4.84. The molecule has 2 amide bonds. The maximum atomic E-state index is 14.6. The van der Waals surface area contributed by atoms with Gasteiger partial charge in [-0.2, -0.15) is 26.3 Å². The first-order valence-corrected chi connectivity index (χ1v) is 15.1. The van der Waals surface area contributed by atoms with Gasteiger partial charge in [-0.05, 0) is 81.0 Å². The average Bonchev–Trinajstić information content (AvgIpc) is 3.53. The van der Waals surface area contributed by atoms with Crippen LogP contribution in [-0.4, -0.2) is 80.0 Å². The van der Waals surface area contributed by atoms with Crippen LogP contribution in [0.3, 0.4) is 0 Å². The second-order valence-corrected chi connectivity index (χ2v) is 13.6. The van der Waals surface area contributed by atoms with E-state index in [1.54, 1.807) is 18.7 Å². The number of fused-ring (bicyclic) bond motifs is 3. The number of carbonyl (C=O) groups is 2. The summed E-state index contributed by atoms with van der Waals surface area (Å²) < 4.78 is 120. The molecule has 0 radical (unpaired) electrons. The molecular formula is C29H31F8N3O4S. The van der Waals surface area contributed by atoms with E-state index in [9.17, 15) is 54.0 Å². The van der Waals surface area contributed by atoms with Crippen molar-refractivity contribution in [1.29, 1.82) is 0 Å². The molecule has 3 atom stereocenters. The Morgan fingerprint density at radius 2 is 1.67 bits per heavy atom. The summed E-state index contributed by atoms with van der Waals surface area (Å²) in [5.74, 6) is -0.434. The molecule has 1 aromatic heterocycles. The number of likely N-dealkylation sites (tertiary alicyclic amines) is 2. The number of carbonyl (C=O) groups excluding carboxylic acids is 2. The van der Waals surface area contributed by atoms with E-state index in [2.05, 4.69) is 4.98 Å². The Kier molecular flexibility index (Phi) is 9.44. The van der Waals surface area contributed by atoms with Crippen molar-refractivity contribution in [3.63, 3.8) is 0 Å². The van der Waals surface area contributed by atoms with Crippen LogP contribution in [0, 0.1) is 5.82 Å². The number of pyridine rings is 1. The van der Waals surface area contributed by atoms with Crippen molar-refractivity contribution in [3.8, 4) is 0 Å². The number of aliphatic hydroxyl groups is 1. The summed E-state index contributed by atoms with van der Waals surface area (Å²) in [4.78, 5) is 29.1. The van der Waals surface area contributed by atoms with Crippen molar-refractivity contribution >= 4 is 23.1 Å². The monoisotopic (exact) mass is 669 g/mol. The smallest absolute Gasteiger partial charge is 0.389 e. The third-order valence-corrected chi connectivity index (χ3v) is 10.2. The highest BCUT2D eigenvalue weighted by atomic mass is 32.2. The van der Waals surface area contributed by atoms with Gasteiger partial charge in [0.2, 0.25) is 12.3 Å². The molecule has 3 aliphatic rings. The van der Waals surface area contributed by atoms with Crippen LogP contribution in [0.2, 0.25) is 0 Å². The maximum absolute atomic E-state index is 14.6. The Bertz CT molecular complexity index is 1430. The molecule has 3 heterocycles. The molecule has 0 saturated carbocycles. The number of aryl methyl sites for hydroxylation is 1. The number of nitrogens with zero attached hydrogens (tertiary/aromatic N) is 3. The number of halogens is 8. The van der Waals surface area contributed by atoms with E-state index in [-0.39, 0.29) is 47.7 Å². The van der Waals surface area contributed by atoms with Gasteiger partial charge in [-0.1, -0.05) is 0 Å². The van der Waals surface area contributed by atoms with E-state index < -0.39 is 56.7 Å². The van der Waals surface area contributed by atoms with Gasteiger partial charge in [0.15, 0.2) is 0 Å². The van der Waals surface area contributed by atoms with Crippen molar-refractivity contribution in [3.05, 3.63) is 59.2 Å². The van der Waals surface area contributed by atoms with Crippen molar-refractivity contribution in [2.24, 2.45) is 0 Å². The fourth-order valence-corrected chi connectivity index (χ4v) is 8.13. The Morgan fingerprint density at radius 1 is 1.04 bits per heavy atom. The second-order valence-electron chi connectivity index (χ2n) is 11.9. The third kappa shape index (κ3) is 6.44. The van der Waals surface area contributed by atoms with Gasteiger partial charge < -0.3 is 14.9 Å². The van der Waals surface area contributed by atoms with Gasteiger partial charge in [-0.25, -0.2) is 8.78 Å². The first-order chi connectivity index (χ1) is 20.8. The topological polar surface area (TPSA) is 90.8 Å². The molecule has 0 bridgehead atoms. The number of alkyl halides is 7. The van der Waals surface area contributed by atoms with E-state index in [1.807, 2.05) is 0 Å². The Morgan fingerprint density at radius 3 is 2.18 bits per heavy atom. The first-order valence-electron chi connectivity index (χ1n) is 14.0. The maximum Gasteiger partial charge on any atom is 0.437 e. The van der Waals surface area contributed by atoms with Crippen LogP contribution in [0.15, 0.2) is 41.4 Å².